The fourth-order valence-corrected chi connectivity index (χ4v) is 5.78. The summed E-state index contributed by atoms with van der Waals surface area (Å²) in [5, 5.41) is 6.25. The number of nitrogens with zero attached hydrogens (tertiary/aromatic N) is 2. The minimum atomic E-state index is -3.40. The van der Waals surface area contributed by atoms with Crippen molar-refractivity contribution in [3.8, 4) is 11.5 Å². The second-order valence-electron chi connectivity index (χ2n) is 9.50. The fraction of sp³-hybridized carbons (Fsp3) is 0.444. The molecule has 9 nitrogen and oxygen atoms in total. The standard InChI is InChI=1S/C27H36N4O5S/c1-19(16-23-22-17-25(35-2)26(36-3)18-24(22)29-27(23)32)28-20-8-10-21(11-9-20)31(37(4,33)34)15-14-30-12-6-5-7-13-30/h8-11,16-19,28H,5-7,12-15H2,1-4H3,(H,29,32). The van der Waals surface area contributed by atoms with Crippen LogP contribution in [0.3, 0.4) is 0 Å². The normalized spacial score (nSPS) is 17.7. The van der Waals surface area contributed by atoms with E-state index < -0.39 is 10.0 Å². The van der Waals surface area contributed by atoms with E-state index in [4.69, 9.17) is 9.47 Å². The zero-order valence-corrected chi connectivity index (χ0v) is 22.7. The fourth-order valence-electron chi connectivity index (χ4n) is 4.86. The molecule has 2 aliphatic heterocycles. The number of piperidine rings is 1. The minimum absolute atomic E-state index is 0.171. The number of benzene rings is 2. The quantitative estimate of drug-likeness (QED) is 0.453. The molecule has 2 aromatic rings. The molecule has 0 bridgehead atoms. The maximum absolute atomic E-state index is 12.7. The molecule has 1 unspecified atom stereocenters. The van der Waals surface area contributed by atoms with Gasteiger partial charge in [-0.15, -0.1) is 0 Å². The molecule has 2 aliphatic rings. The molecule has 0 aliphatic carbocycles. The number of hydrogen-bond donors (Lipinski definition) is 2. The lowest BCUT2D eigenvalue weighted by Crippen LogP contribution is -2.40. The number of sulfonamides is 1. The first-order valence-electron chi connectivity index (χ1n) is 12.6. The van der Waals surface area contributed by atoms with Crippen molar-refractivity contribution in [2.45, 2.75) is 32.2 Å². The van der Waals surface area contributed by atoms with Gasteiger partial charge < -0.3 is 25.0 Å². The molecule has 37 heavy (non-hydrogen) atoms. The summed E-state index contributed by atoms with van der Waals surface area (Å²) < 4.78 is 37.2. The highest BCUT2D eigenvalue weighted by atomic mass is 32.2. The summed E-state index contributed by atoms with van der Waals surface area (Å²) in [7, 11) is -0.288. The Hall–Kier alpha value is -3.24. The molecular weight excluding hydrogens is 492 g/mol. The number of amides is 1. The van der Waals surface area contributed by atoms with Crippen LogP contribution >= 0.6 is 0 Å². The maximum atomic E-state index is 12.7. The van der Waals surface area contributed by atoms with E-state index in [-0.39, 0.29) is 11.9 Å². The van der Waals surface area contributed by atoms with Gasteiger partial charge >= 0.3 is 0 Å². The van der Waals surface area contributed by atoms with Gasteiger partial charge in [0.1, 0.15) is 0 Å². The number of methoxy groups -OCH3 is 2. The van der Waals surface area contributed by atoms with Gasteiger partial charge in [-0.05, 0) is 69.3 Å². The van der Waals surface area contributed by atoms with E-state index in [1.807, 2.05) is 37.3 Å². The number of carbonyl (C=O) groups excluding carboxylic acids is 1. The summed E-state index contributed by atoms with van der Waals surface area (Å²) in [6.07, 6.45) is 6.70. The van der Waals surface area contributed by atoms with Crippen molar-refractivity contribution < 1.29 is 22.7 Å². The number of rotatable bonds is 10. The van der Waals surface area contributed by atoms with Crippen LogP contribution in [0.25, 0.3) is 5.57 Å². The average Bonchev–Trinajstić information content (AvgIpc) is 3.17. The van der Waals surface area contributed by atoms with E-state index >= 15 is 0 Å². The molecule has 1 amide bonds. The van der Waals surface area contributed by atoms with Crippen molar-refractivity contribution in [1.29, 1.82) is 0 Å². The maximum Gasteiger partial charge on any atom is 0.256 e. The second kappa shape index (κ2) is 11.4. The summed E-state index contributed by atoms with van der Waals surface area (Å²) in [5.74, 6) is 0.913. The van der Waals surface area contributed by atoms with Crippen molar-refractivity contribution in [3.05, 3.63) is 48.0 Å². The van der Waals surface area contributed by atoms with Crippen LogP contribution in [0.2, 0.25) is 0 Å². The molecule has 1 fully saturated rings. The van der Waals surface area contributed by atoms with Gasteiger partial charge in [-0.3, -0.25) is 9.10 Å². The van der Waals surface area contributed by atoms with E-state index in [9.17, 15) is 13.2 Å². The van der Waals surface area contributed by atoms with Crippen molar-refractivity contribution in [3.63, 3.8) is 0 Å². The molecule has 2 N–H and O–H groups in total. The predicted octanol–water partition coefficient (Wildman–Crippen LogP) is 3.79. The summed E-state index contributed by atoms with van der Waals surface area (Å²) in [6.45, 7) is 5.15. The van der Waals surface area contributed by atoms with Gasteiger partial charge in [0, 0.05) is 42.0 Å². The Labute approximate surface area is 219 Å². The third-order valence-corrected chi connectivity index (χ3v) is 7.94. The van der Waals surface area contributed by atoms with Crippen molar-refractivity contribution in [1.82, 2.24) is 4.90 Å². The van der Waals surface area contributed by atoms with E-state index in [0.29, 0.717) is 35.0 Å². The third kappa shape index (κ3) is 6.37. The lowest BCUT2D eigenvalue weighted by Gasteiger charge is -2.30. The van der Waals surface area contributed by atoms with Crippen LogP contribution in [-0.4, -0.2) is 71.9 Å². The smallest absolute Gasteiger partial charge is 0.256 e. The summed E-state index contributed by atoms with van der Waals surface area (Å²) >= 11 is 0. The van der Waals surface area contributed by atoms with Crippen molar-refractivity contribution in [2.75, 3.05) is 61.6 Å². The van der Waals surface area contributed by atoms with E-state index in [1.165, 1.54) is 29.8 Å². The Kier molecular flexibility index (Phi) is 8.29. The summed E-state index contributed by atoms with van der Waals surface area (Å²) in [6, 6.07) is 10.7. The van der Waals surface area contributed by atoms with Gasteiger partial charge in [0.05, 0.1) is 31.9 Å². The number of ether oxygens (including phenoxy) is 2. The number of carbonyl (C=O) groups is 1. The summed E-state index contributed by atoms with van der Waals surface area (Å²) in [4.78, 5) is 15.0. The Morgan fingerprint density at radius 3 is 2.35 bits per heavy atom. The van der Waals surface area contributed by atoms with Gasteiger partial charge in [0.25, 0.3) is 5.91 Å². The highest BCUT2D eigenvalue weighted by Crippen LogP contribution is 2.40. The topological polar surface area (TPSA) is 100 Å². The Morgan fingerprint density at radius 1 is 1.08 bits per heavy atom. The average molecular weight is 529 g/mol. The predicted molar refractivity (Wildman–Crippen MR) is 148 cm³/mol. The summed E-state index contributed by atoms with van der Waals surface area (Å²) in [5.41, 5.74) is 3.44. The highest BCUT2D eigenvalue weighted by molar-refractivity contribution is 7.92. The Balaban J connectivity index is 1.46. The molecule has 0 radical (unpaired) electrons. The number of anilines is 3. The van der Waals surface area contributed by atoms with Crippen molar-refractivity contribution in [2.24, 2.45) is 0 Å². The lowest BCUT2D eigenvalue weighted by molar-refractivity contribution is -0.110. The molecule has 10 heteroatoms. The molecule has 2 heterocycles. The van der Waals surface area contributed by atoms with Gasteiger partial charge in [0.2, 0.25) is 10.0 Å². The van der Waals surface area contributed by atoms with E-state index in [1.54, 1.807) is 26.4 Å². The van der Waals surface area contributed by atoms with Gasteiger partial charge in [0.15, 0.2) is 11.5 Å². The number of likely N-dealkylation sites (tertiary alicyclic amines) is 1. The molecule has 0 spiro atoms. The zero-order valence-electron chi connectivity index (χ0n) is 21.9. The lowest BCUT2D eigenvalue weighted by atomic mass is 10.0. The van der Waals surface area contributed by atoms with Crippen LogP contribution < -0.4 is 24.4 Å². The second-order valence-corrected chi connectivity index (χ2v) is 11.4. The Morgan fingerprint density at radius 2 is 1.73 bits per heavy atom. The molecular formula is C27H36N4O5S. The van der Waals surface area contributed by atoms with Crippen LogP contribution in [0, 0.1) is 0 Å². The molecule has 200 valence electrons. The molecule has 4 rings (SSSR count). The molecule has 0 aromatic heterocycles. The first kappa shape index (κ1) is 26.8. The van der Waals surface area contributed by atoms with E-state index in [0.717, 1.165) is 30.9 Å². The zero-order chi connectivity index (χ0) is 26.6. The molecule has 2 aromatic carbocycles. The molecule has 1 atom stereocenters. The van der Waals surface area contributed by atoms with Gasteiger partial charge in [-0.25, -0.2) is 8.42 Å². The molecule has 1 saturated heterocycles. The number of hydrogen-bond acceptors (Lipinski definition) is 7. The van der Waals surface area contributed by atoms with Crippen LogP contribution in [0.15, 0.2) is 42.5 Å². The van der Waals surface area contributed by atoms with Crippen LogP contribution in [0.1, 0.15) is 31.7 Å². The SMILES string of the molecule is COc1cc2c(cc1OC)C(=CC(C)Nc1ccc(N(CCN3CCCCC3)S(C)(=O)=O)cc1)C(=O)N2. The third-order valence-electron chi connectivity index (χ3n) is 6.74. The van der Waals surface area contributed by atoms with Gasteiger partial charge in [-0.1, -0.05) is 6.42 Å². The van der Waals surface area contributed by atoms with Crippen molar-refractivity contribution >= 4 is 38.6 Å². The first-order valence-corrected chi connectivity index (χ1v) is 14.4. The minimum Gasteiger partial charge on any atom is -0.493 e. The van der Waals surface area contributed by atoms with Gasteiger partial charge in [-0.2, -0.15) is 0 Å². The van der Waals surface area contributed by atoms with E-state index in [2.05, 4.69) is 15.5 Å². The van der Waals surface area contributed by atoms with Crippen LogP contribution in [0.5, 0.6) is 11.5 Å². The van der Waals surface area contributed by atoms with Crippen LogP contribution in [-0.2, 0) is 14.8 Å². The number of nitrogens with one attached hydrogen (secondary N) is 2. The first-order chi connectivity index (χ1) is 17.7. The highest BCUT2D eigenvalue weighted by Gasteiger charge is 2.27. The monoisotopic (exact) mass is 528 g/mol. The molecule has 0 saturated carbocycles. The number of fused-ring (bicyclic) bond motifs is 1. The van der Waals surface area contributed by atoms with Crippen LogP contribution in [0.4, 0.5) is 17.1 Å². The largest absolute Gasteiger partial charge is 0.493 e. The Bertz CT molecular complexity index is 1250.